The van der Waals surface area contributed by atoms with E-state index in [1.807, 2.05) is 43.3 Å². The van der Waals surface area contributed by atoms with Crippen molar-refractivity contribution in [2.45, 2.75) is 77.0 Å². The number of unbranched alkanes of at least 4 members (excludes halogenated alkanes) is 2. The molecule has 0 aliphatic heterocycles. The smallest absolute Gasteiger partial charge is 0.343 e. The van der Waals surface area contributed by atoms with Crippen molar-refractivity contribution in [1.82, 2.24) is 0 Å². The minimum Gasteiger partial charge on any atom is -0.423 e. The quantitative estimate of drug-likeness (QED) is 0.300. The number of carbonyl (C=O) groups excluding carboxylic acids is 1. The zero-order valence-corrected chi connectivity index (χ0v) is 16.8. The summed E-state index contributed by atoms with van der Waals surface area (Å²) in [5.74, 6) is 0.335. The lowest BCUT2D eigenvalue weighted by molar-refractivity contribution is 0.0734. The Morgan fingerprint density at radius 2 is 1.59 bits per heavy atom. The van der Waals surface area contributed by atoms with Gasteiger partial charge in [-0.15, -0.1) is 0 Å². The molecule has 2 heteroatoms. The average molecular weight is 365 g/mol. The van der Waals surface area contributed by atoms with Crippen molar-refractivity contribution in [3.8, 4) is 5.75 Å². The summed E-state index contributed by atoms with van der Waals surface area (Å²) in [4.78, 5) is 12.3. The number of rotatable bonds is 7. The monoisotopic (exact) mass is 364 g/mol. The summed E-state index contributed by atoms with van der Waals surface area (Å²) < 4.78 is 5.58. The molecule has 1 saturated carbocycles. The number of carbonyl (C=O) groups is 1. The zero-order valence-electron chi connectivity index (χ0n) is 16.8. The maximum Gasteiger partial charge on any atom is 0.343 e. The molecule has 2 aromatic carbocycles. The Morgan fingerprint density at radius 3 is 2.22 bits per heavy atom. The highest BCUT2D eigenvalue weighted by molar-refractivity contribution is 5.91. The van der Waals surface area contributed by atoms with E-state index in [0.29, 0.717) is 16.7 Å². The zero-order chi connectivity index (χ0) is 19.1. The fourth-order valence-corrected chi connectivity index (χ4v) is 4.36. The lowest BCUT2D eigenvalue weighted by atomic mass is 9.66. The van der Waals surface area contributed by atoms with Gasteiger partial charge in [0, 0.05) is 0 Å². The van der Waals surface area contributed by atoms with Gasteiger partial charge in [0.15, 0.2) is 0 Å². The topological polar surface area (TPSA) is 26.3 Å². The van der Waals surface area contributed by atoms with Crippen molar-refractivity contribution < 1.29 is 9.53 Å². The number of hydrogen-bond donors (Lipinski definition) is 0. The highest BCUT2D eigenvalue weighted by Gasteiger charge is 2.33. The van der Waals surface area contributed by atoms with Crippen LogP contribution < -0.4 is 4.74 Å². The summed E-state index contributed by atoms with van der Waals surface area (Å²) in [5.41, 5.74) is 3.48. The Labute approximate surface area is 164 Å². The molecule has 1 aliphatic rings. The van der Waals surface area contributed by atoms with Gasteiger partial charge in [0.25, 0.3) is 0 Å². The molecule has 144 valence electrons. The van der Waals surface area contributed by atoms with Gasteiger partial charge in [-0.25, -0.2) is 4.79 Å². The fraction of sp³-hybridized carbons (Fsp3) is 0.480. The van der Waals surface area contributed by atoms with Gasteiger partial charge < -0.3 is 4.74 Å². The van der Waals surface area contributed by atoms with Gasteiger partial charge in [-0.1, -0.05) is 75.3 Å². The standard InChI is InChI=1S/C25H32O2/c1-3-4-6-17-25(18-7-5-8-19-25)22-13-15-23(16-14-22)27-24(26)21-11-9-20(2)10-12-21/h9-16H,3-8,17-19H2,1-2H3. The van der Waals surface area contributed by atoms with Crippen molar-refractivity contribution in [3.05, 3.63) is 65.2 Å². The Hall–Kier alpha value is -2.09. The van der Waals surface area contributed by atoms with Gasteiger partial charge in [-0.3, -0.25) is 0 Å². The molecule has 1 aliphatic carbocycles. The van der Waals surface area contributed by atoms with Crippen molar-refractivity contribution in [2.24, 2.45) is 0 Å². The van der Waals surface area contributed by atoms with Gasteiger partial charge >= 0.3 is 5.97 Å². The van der Waals surface area contributed by atoms with E-state index in [1.165, 1.54) is 63.4 Å². The van der Waals surface area contributed by atoms with Crippen LogP contribution in [0, 0.1) is 6.92 Å². The van der Waals surface area contributed by atoms with Crippen molar-refractivity contribution in [1.29, 1.82) is 0 Å². The minimum absolute atomic E-state index is 0.293. The summed E-state index contributed by atoms with van der Waals surface area (Å²) in [7, 11) is 0. The predicted molar refractivity (Wildman–Crippen MR) is 111 cm³/mol. The Kier molecular flexibility index (Phi) is 6.71. The molecule has 2 nitrogen and oxygen atoms in total. The summed E-state index contributed by atoms with van der Waals surface area (Å²) in [6, 6.07) is 15.8. The largest absolute Gasteiger partial charge is 0.423 e. The first-order chi connectivity index (χ1) is 13.1. The number of benzene rings is 2. The highest BCUT2D eigenvalue weighted by Crippen LogP contribution is 2.43. The molecule has 0 unspecified atom stereocenters. The third-order valence-corrected chi connectivity index (χ3v) is 6.03. The summed E-state index contributed by atoms with van der Waals surface area (Å²) >= 11 is 0. The molecule has 1 fully saturated rings. The number of ether oxygens (including phenoxy) is 1. The first-order valence-electron chi connectivity index (χ1n) is 10.5. The summed E-state index contributed by atoms with van der Waals surface area (Å²) in [6.45, 7) is 4.28. The third-order valence-electron chi connectivity index (χ3n) is 6.03. The third kappa shape index (κ3) is 5.00. The lowest BCUT2D eigenvalue weighted by Gasteiger charge is -2.38. The molecule has 0 amide bonds. The SMILES string of the molecule is CCCCCC1(c2ccc(OC(=O)c3ccc(C)cc3)cc2)CCCCC1. The molecule has 0 aromatic heterocycles. The predicted octanol–water partition coefficient (Wildman–Crippen LogP) is 7.00. The van der Waals surface area contributed by atoms with Crippen molar-refractivity contribution in [2.75, 3.05) is 0 Å². The maximum atomic E-state index is 12.3. The molecular weight excluding hydrogens is 332 g/mol. The van der Waals surface area contributed by atoms with Crippen molar-refractivity contribution >= 4 is 5.97 Å². The highest BCUT2D eigenvalue weighted by atomic mass is 16.5. The first kappa shape index (κ1) is 19.7. The van der Waals surface area contributed by atoms with Crippen LogP contribution in [-0.4, -0.2) is 5.97 Å². The van der Waals surface area contributed by atoms with E-state index in [4.69, 9.17) is 4.74 Å². The van der Waals surface area contributed by atoms with Crippen molar-refractivity contribution in [3.63, 3.8) is 0 Å². The van der Waals surface area contributed by atoms with E-state index in [2.05, 4.69) is 19.1 Å². The van der Waals surface area contributed by atoms with Crippen LogP contribution in [0.1, 0.15) is 86.2 Å². The minimum atomic E-state index is -0.293. The molecule has 27 heavy (non-hydrogen) atoms. The molecule has 0 saturated heterocycles. The van der Waals surface area contributed by atoms with E-state index in [1.54, 1.807) is 0 Å². The molecule has 0 N–H and O–H groups in total. The second-order valence-corrected chi connectivity index (χ2v) is 8.08. The van der Waals surface area contributed by atoms with Crippen LogP contribution in [-0.2, 0) is 5.41 Å². The van der Waals surface area contributed by atoms with E-state index in [0.717, 1.165) is 5.56 Å². The molecule has 2 aromatic rings. The Bertz CT molecular complexity index is 722. The van der Waals surface area contributed by atoms with Crippen LogP contribution >= 0.6 is 0 Å². The van der Waals surface area contributed by atoms with E-state index in [-0.39, 0.29) is 5.97 Å². The average Bonchev–Trinajstić information content (AvgIpc) is 2.70. The van der Waals surface area contributed by atoms with E-state index < -0.39 is 0 Å². The van der Waals surface area contributed by atoms with Crippen LogP contribution in [0.4, 0.5) is 0 Å². The lowest BCUT2D eigenvalue weighted by Crippen LogP contribution is -2.29. The summed E-state index contributed by atoms with van der Waals surface area (Å²) in [6.07, 6.45) is 11.8. The molecule has 0 heterocycles. The van der Waals surface area contributed by atoms with Gasteiger partial charge in [0.05, 0.1) is 5.56 Å². The molecule has 0 atom stereocenters. The normalized spacial score (nSPS) is 16.1. The van der Waals surface area contributed by atoms with Gasteiger partial charge in [0.1, 0.15) is 5.75 Å². The second kappa shape index (κ2) is 9.21. The van der Waals surface area contributed by atoms with E-state index in [9.17, 15) is 4.79 Å². The first-order valence-corrected chi connectivity index (χ1v) is 10.5. The van der Waals surface area contributed by atoms with Gasteiger partial charge in [-0.05, 0) is 61.4 Å². The van der Waals surface area contributed by atoms with Gasteiger partial charge in [0.2, 0.25) is 0 Å². The van der Waals surface area contributed by atoms with Crippen LogP contribution in [0.15, 0.2) is 48.5 Å². The van der Waals surface area contributed by atoms with Gasteiger partial charge in [-0.2, -0.15) is 0 Å². The van der Waals surface area contributed by atoms with E-state index >= 15 is 0 Å². The van der Waals surface area contributed by atoms with Crippen LogP contribution in [0.25, 0.3) is 0 Å². The number of hydrogen-bond acceptors (Lipinski definition) is 2. The van der Waals surface area contributed by atoms with Crippen LogP contribution in [0.2, 0.25) is 0 Å². The molecule has 0 bridgehead atoms. The number of aryl methyl sites for hydroxylation is 1. The number of esters is 1. The Balaban J connectivity index is 1.70. The molecular formula is C25H32O2. The maximum absolute atomic E-state index is 12.3. The Morgan fingerprint density at radius 1 is 0.926 bits per heavy atom. The fourth-order valence-electron chi connectivity index (χ4n) is 4.36. The second-order valence-electron chi connectivity index (χ2n) is 8.08. The molecule has 3 rings (SSSR count). The van der Waals surface area contributed by atoms with Crippen LogP contribution in [0.3, 0.4) is 0 Å². The summed E-state index contributed by atoms with van der Waals surface area (Å²) in [5, 5.41) is 0. The van der Waals surface area contributed by atoms with Crippen LogP contribution in [0.5, 0.6) is 5.75 Å². The molecule has 0 radical (unpaired) electrons. The molecule has 0 spiro atoms.